The van der Waals surface area contributed by atoms with Gasteiger partial charge in [0.15, 0.2) is 11.5 Å². The molecule has 1 fully saturated rings. The molecule has 0 saturated carbocycles. The molecule has 5 nitrogen and oxygen atoms in total. The second-order valence-corrected chi connectivity index (χ2v) is 7.11. The second kappa shape index (κ2) is 10.3. The molecule has 1 aliphatic rings. The molecule has 156 valence electrons. The number of benzene rings is 2. The molecule has 0 unspecified atom stereocenters. The van der Waals surface area contributed by atoms with Crippen molar-refractivity contribution in [3.8, 4) is 11.5 Å². The predicted octanol–water partition coefficient (Wildman–Crippen LogP) is 3.51. The van der Waals surface area contributed by atoms with Crippen LogP contribution in [0.3, 0.4) is 0 Å². The monoisotopic (exact) mass is 400 g/mol. The van der Waals surface area contributed by atoms with Crippen molar-refractivity contribution in [3.63, 3.8) is 0 Å². The molecule has 0 spiro atoms. The Kier molecular flexibility index (Phi) is 7.47. The van der Waals surface area contributed by atoms with Gasteiger partial charge in [0.05, 0.1) is 19.6 Å². The van der Waals surface area contributed by atoms with Gasteiger partial charge in [-0.2, -0.15) is 0 Å². The molecule has 29 heavy (non-hydrogen) atoms. The van der Waals surface area contributed by atoms with Gasteiger partial charge in [-0.05, 0) is 49.2 Å². The van der Waals surface area contributed by atoms with Crippen LogP contribution in [-0.4, -0.2) is 55.1 Å². The van der Waals surface area contributed by atoms with Crippen LogP contribution < -0.4 is 9.47 Å². The van der Waals surface area contributed by atoms with E-state index in [1.807, 2.05) is 43.0 Å². The van der Waals surface area contributed by atoms with Crippen LogP contribution >= 0.6 is 0 Å². The topological polar surface area (TPSA) is 42.0 Å². The molecule has 1 heterocycles. The molecule has 0 bridgehead atoms. The van der Waals surface area contributed by atoms with E-state index in [-0.39, 0.29) is 11.7 Å². The third-order valence-electron chi connectivity index (χ3n) is 4.98. The van der Waals surface area contributed by atoms with Crippen LogP contribution in [0.4, 0.5) is 4.39 Å². The fourth-order valence-corrected chi connectivity index (χ4v) is 3.54. The molecule has 1 saturated heterocycles. The van der Waals surface area contributed by atoms with Crippen LogP contribution in [0, 0.1) is 5.82 Å². The van der Waals surface area contributed by atoms with E-state index in [1.54, 1.807) is 12.1 Å². The number of hydrogen-bond acceptors (Lipinski definition) is 4. The number of hydrogen-bond donors (Lipinski definition) is 0. The Hall–Kier alpha value is -2.60. The van der Waals surface area contributed by atoms with E-state index in [9.17, 15) is 9.18 Å². The van der Waals surface area contributed by atoms with Crippen molar-refractivity contribution in [2.24, 2.45) is 0 Å². The predicted molar refractivity (Wildman–Crippen MR) is 111 cm³/mol. The summed E-state index contributed by atoms with van der Waals surface area (Å²) in [4.78, 5) is 16.9. The van der Waals surface area contributed by atoms with Gasteiger partial charge in [0.2, 0.25) is 5.91 Å². The van der Waals surface area contributed by atoms with Crippen molar-refractivity contribution in [2.75, 3.05) is 39.4 Å². The van der Waals surface area contributed by atoms with Crippen LogP contribution in [0.2, 0.25) is 0 Å². The molecule has 2 aromatic carbocycles. The minimum atomic E-state index is -0.210. The molecule has 6 heteroatoms. The first-order valence-corrected chi connectivity index (χ1v) is 10.2. The summed E-state index contributed by atoms with van der Waals surface area (Å²) < 4.78 is 24.6. The van der Waals surface area contributed by atoms with E-state index in [0.717, 1.165) is 24.2 Å². The molecule has 0 atom stereocenters. The number of rotatable bonds is 8. The Bertz CT molecular complexity index is 820. The van der Waals surface area contributed by atoms with Gasteiger partial charge in [-0.1, -0.05) is 18.2 Å². The third kappa shape index (κ3) is 5.94. The van der Waals surface area contributed by atoms with Crippen LogP contribution in [-0.2, 0) is 17.8 Å². The van der Waals surface area contributed by atoms with Crippen LogP contribution in [0.5, 0.6) is 11.5 Å². The Morgan fingerprint density at radius 2 is 1.66 bits per heavy atom. The van der Waals surface area contributed by atoms with Gasteiger partial charge < -0.3 is 14.4 Å². The summed E-state index contributed by atoms with van der Waals surface area (Å²) in [5, 5.41) is 0. The summed E-state index contributed by atoms with van der Waals surface area (Å²) in [6, 6.07) is 12.4. The van der Waals surface area contributed by atoms with E-state index in [4.69, 9.17) is 9.47 Å². The normalized spacial score (nSPS) is 14.7. The molecule has 1 aliphatic heterocycles. The van der Waals surface area contributed by atoms with Crippen LogP contribution in [0.1, 0.15) is 25.0 Å². The highest BCUT2D eigenvalue weighted by Crippen LogP contribution is 2.29. The SMILES string of the molecule is CCOc1ccc(CC(=O)N2CCN(Cc3cccc(F)c3)CC2)cc1OCC. The molecule has 0 aromatic heterocycles. The molecule has 3 rings (SSSR count). The zero-order valence-electron chi connectivity index (χ0n) is 17.2. The van der Waals surface area contributed by atoms with Gasteiger partial charge in [0.1, 0.15) is 5.82 Å². The molecular weight excluding hydrogens is 371 g/mol. The Labute approximate surface area is 172 Å². The average Bonchev–Trinajstić information content (AvgIpc) is 2.71. The lowest BCUT2D eigenvalue weighted by Crippen LogP contribution is -2.48. The first kappa shape index (κ1) is 21.1. The highest BCUT2D eigenvalue weighted by molar-refractivity contribution is 5.79. The quantitative estimate of drug-likeness (QED) is 0.680. The largest absolute Gasteiger partial charge is 0.490 e. The lowest BCUT2D eigenvalue weighted by Gasteiger charge is -2.35. The molecule has 0 radical (unpaired) electrons. The average molecular weight is 400 g/mol. The number of amides is 1. The fourth-order valence-electron chi connectivity index (χ4n) is 3.54. The number of carbonyl (C=O) groups is 1. The minimum absolute atomic E-state index is 0.113. The van der Waals surface area contributed by atoms with Crippen molar-refractivity contribution in [2.45, 2.75) is 26.8 Å². The molecule has 0 N–H and O–H groups in total. The summed E-state index contributed by atoms with van der Waals surface area (Å²) in [5.74, 6) is 1.29. The molecule has 0 aliphatic carbocycles. The van der Waals surface area contributed by atoms with E-state index in [1.165, 1.54) is 6.07 Å². The van der Waals surface area contributed by atoms with Crippen molar-refractivity contribution in [1.82, 2.24) is 9.80 Å². The summed E-state index contributed by atoms with van der Waals surface area (Å²) in [7, 11) is 0. The van der Waals surface area contributed by atoms with Gasteiger partial charge in [-0.15, -0.1) is 0 Å². The fraction of sp³-hybridized carbons (Fsp3) is 0.435. The van der Waals surface area contributed by atoms with E-state index in [2.05, 4.69) is 4.90 Å². The van der Waals surface area contributed by atoms with Crippen molar-refractivity contribution < 1.29 is 18.7 Å². The maximum atomic E-state index is 13.4. The number of nitrogens with zero attached hydrogens (tertiary/aromatic N) is 2. The van der Waals surface area contributed by atoms with Crippen LogP contribution in [0.15, 0.2) is 42.5 Å². The highest BCUT2D eigenvalue weighted by Gasteiger charge is 2.21. The Morgan fingerprint density at radius 1 is 0.931 bits per heavy atom. The zero-order chi connectivity index (χ0) is 20.6. The standard InChI is InChI=1S/C23H29FN2O3/c1-3-28-21-9-8-18(15-22(21)29-4-2)16-23(27)26-12-10-25(11-13-26)17-19-6-5-7-20(24)14-19/h5-9,14-15H,3-4,10-13,16-17H2,1-2H3. The summed E-state index contributed by atoms with van der Waals surface area (Å²) in [6.45, 7) is 8.62. The van der Waals surface area contributed by atoms with E-state index in [0.29, 0.717) is 50.8 Å². The third-order valence-corrected chi connectivity index (χ3v) is 4.98. The number of ether oxygens (including phenoxy) is 2. The number of halogens is 1. The summed E-state index contributed by atoms with van der Waals surface area (Å²) >= 11 is 0. The van der Waals surface area contributed by atoms with Crippen molar-refractivity contribution in [1.29, 1.82) is 0 Å². The van der Waals surface area contributed by atoms with Gasteiger partial charge >= 0.3 is 0 Å². The number of carbonyl (C=O) groups excluding carboxylic acids is 1. The highest BCUT2D eigenvalue weighted by atomic mass is 19.1. The first-order valence-electron chi connectivity index (χ1n) is 10.2. The molecular formula is C23H29FN2O3. The minimum Gasteiger partial charge on any atom is -0.490 e. The van der Waals surface area contributed by atoms with Gasteiger partial charge in [0, 0.05) is 32.7 Å². The zero-order valence-corrected chi connectivity index (χ0v) is 17.2. The van der Waals surface area contributed by atoms with Gasteiger partial charge in [-0.25, -0.2) is 4.39 Å². The smallest absolute Gasteiger partial charge is 0.227 e. The molecule has 2 aromatic rings. The van der Waals surface area contributed by atoms with Crippen LogP contribution in [0.25, 0.3) is 0 Å². The van der Waals surface area contributed by atoms with Gasteiger partial charge in [0.25, 0.3) is 0 Å². The van der Waals surface area contributed by atoms with Crippen molar-refractivity contribution in [3.05, 3.63) is 59.4 Å². The Morgan fingerprint density at radius 3 is 2.34 bits per heavy atom. The molecule has 1 amide bonds. The first-order chi connectivity index (χ1) is 14.1. The Balaban J connectivity index is 1.53. The lowest BCUT2D eigenvalue weighted by molar-refractivity contribution is -0.132. The number of piperazine rings is 1. The van der Waals surface area contributed by atoms with Gasteiger partial charge in [-0.3, -0.25) is 9.69 Å². The van der Waals surface area contributed by atoms with E-state index < -0.39 is 0 Å². The lowest BCUT2D eigenvalue weighted by atomic mass is 10.1. The second-order valence-electron chi connectivity index (χ2n) is 7.11. The van der Waals surface area contributed by atoms with E-state index >= 15 is 0 Å². The maximum absolute atomic E-state index is 13.4. The van der Waals surface area contributed by atoms with Crippen molar-refractivity contribution >= 4 is 5.91 Å². The summed E-state index contributed by atoms with van der Waals surface area (Å²) in [6.07, 6.45) is 0.344. The maximum Gasteiger partial charge on any atom is 0.227 e. The summed E-state index contributed by atoms with van der Waals surface area (Å²) in [5.41, 5.74) is 1.88.